The van der Waals surface area contributed by atoms with Crippen LogP contribution in [0.25, 0.3) is 49.5 Å². The maximum absolute atomic E-state index is 12.5. The van der Waals surface area contributed by atoms with E-state index in [0.717, 1.165) is 49.2 Å². The molecule has 1 aliphatic rings. The number of carbonyl (C=O) groups is 2. The first-order chi connectivity index (χ1) is 18.7. The maximum Gasteiger partial charge on any atom is 0.229 e. The lowest BCUT2D eigenvalue weighted by Crippen LogP contribution is -2.34. The van der Waals surface area contributed by atoms with Crippen LogP contribution in [0.3, 0.4) is 0 Å². The van der Waals surface area contributed by atoms with E-state index in [1.165, 1.54) is 11.3 Å². The Balaban J connectivity index is 1.37. The van der Waals surface area contributed by atoms with Gasteiger partial charge in [0.05, 0.1) is 22.1 Å². The van der Waals surface area contributed by atoms with Gasteiger partial charge in [-0.15, -0.1) is 11.3 Å². The molecule has 0 bridgehead atoms. The van der Waals surface area contributed by atoms with Gasteiger partial charge in [-0.25, -0.2) is 4.98 Å². The summed E-state index contributed by atoms with van der Waals surface area (Å²) in [6, 6.07) is 9.97. The Bertz CT molecular complexity index is 1880. The van der Waals surface area contributed by atoms with E-state index < -0.39 is 5.41 Å². The lowest BCUT2D eigenvalue weighted by molar-refractivity contribution is -0.127. The Hall–Kier alpha value is -3.77. The largest absolute Gasteiger partial charge is 0.335 e. The van der Waals surface area contributed by atoms with Crippen LogP contribution in [0, 0.1) is 5.41 Å². The van der Waals surface area contributed by atoms with Crippen molar-refractivity contribution in [2.75, 3.05) is 0 Å². The van der Waals surface area contributed by atoms with Crippen LogP contribution in [-0.2, 0) is 4.79 Å². The number of fused-ring (bicyclic) bond motifs is 2. The molecule has 1 aliphatic heterocycles. The molecule has 39 heavy (non-hydrogen) atoms. The normalized spacial score (nSPS) is 13.7. The predicted molar refractivity (Wildman–Crippen MR) is 166 cm³/mol. The molecule has 0 radical (unpaired) electrons. The molecule has 0 saturated heterocycles. The van der Waals surface area contributed by atoms with Crippen molar-refractivity contribution in [2.24, 2.45) is 5.41 Å². The van der Waals surface area contributed by atoms with Gasteiger partial charge in [-0.2, -0.15) is 5.10 Å². The average molecular weight is 649 g/mol. The fraction of sp³-hybridized carbons (Fsp3) is 0.172. The number of allylic oxidation sites excluding steroid dienone is 3. The number of halogens is 1. The quantitative estimate of drug-likeness (QED) is 0.147. The molecule has 0 fully saturated rings. The maximum atomic E-state index is 12.5. The number of imidazole rings is 1. The van der Waals surface area contributed by atoms with Crippen LogP contribution in [0.5, 0.6) is 0 Å². The third-order valence-electron chi connectivity index (χ3n) is 6.34. The topological polar surface area (TPSA) is 116 Å². The second-order valence-corrected chi connectivity index (χ2v) is 13.4. The highest BCUT2D eigenvalue weighted by atomic mass is 127. The van der Waals surface area contributed by atoms with E-state index in [-0.39, 0.29) is 32.4 Å². The van der Waals surface area contributed by atoms with Gasteiger partial charge in [0.25, 0.3) is 0 Å². The highest BCUT2D eigenvalue weighted by molar-refractivity contribution is 14.2. The first kappa shape index (κ1) is 25.5. The smallest absolute Gasteiger partial charge is 0.229 e. The first-order valence-corrected chi connectivity index (χ1v) is 15.6. The fourth-order valence-electron chi connectivity index (χ4n) is 4.20. The van der Waals surface area contributed by atoms with E-state index in [4.69, 9.17) is 4.98 Å². The van der Waals surface area contributed by atoms with Crippen molar-refractivity contribution in [3.63, 3.8) is 0 Å². The minimum Gasteiger partial charge on any atom is -0.335 e. The van der Waals surface area contributed by atoms with Crippen LogP contribution in [0.15, 0.2) is 58.6 Å². The van der Waals surface area contributed by atoms with E-state index in [2.05, 4.69) is 45.7 Å². The van der Waals surface area contributed by atoms with Crippen molar-refractivity contribution in [1.29, 1.82) is 0 Å². The van der Waals surface area contributed by atoms with Crippen LogP contribution in [-0.4, -0.2) is 40.9 Å². The number of amides is 1. The third kappa shape index (κ3) is 4.89. The van der Waals surface area contributed by atoms with Gasteiger partial charge in [0.15, 0.2) is 11.6 Å². The Morgan fingerprint density at radius 3 is 2.69 bits per heavy atom. The number of thiophene rings is 1. The van der Waals surface area contributed by atoms with Gasteiger partial charge in [0, 0.05) is 33.1 Å². The van der Waals surface area contributed by atoms with Crippen molar-refractivity contribution < 1.29 is 9.59 Å². The number of H-pyrrole nitrogens is 2. The minimum absolute atomic E-state index is 0.00152. The van der Waals surface area contributed by atoms with E-state index in [9.17, 15) is 9.59 Å². The minimum atomic E-state index is -0.458. The highest BCUT2D eigenvalue weighted by Gasteiger charge is 2.22. The summed E-state index contributed by atoms with van der Waals surface area (Å²) < 4.78 is 4.38. The van der Waals surface area contributed by atoms with E-state index in [0.29, 0.717) is 16.4 Å². The summed E-state index contributed by atoms with van der Waals surface area (Å²) >= 11 is 1.11. The molecule has 5 aromatic rings. The van der Waals surface area contributed by atoms with Gasteiger partial charge < -0.3 is 10.3 Å². The molecule has 0 atom stereocenters. The van der Waals surface area contributed by atoms with Gasteiger partial charge >= 0.3 is 0 Å². The van der Waals surface area contributed by atoms with Crippen LogP contribution >= 0.6 is 32.1 Å². The summed E-state index contributed by atoms with van der Waals surface area (Å²) in [5, 5.41) is 11.7. The van der Waals surface area contributed by atoms with E-state index in [1.54, 1.807) is 19.3 Å². The lowest BCUT2D eigenvalue weighted by atomic mass is 9.95. The lowest BCUT2D eigenvalue weighted by Gasteiger charge is -2.19. The molecule has 6 rings (SSSR count). The van der Waals surface area contributed by atoms with Gasteiger partial charge in [-0.1, -0.05) is 47.6 Å². The summed E-state index contributed by atoms with van der Waals surface area (Å²) in [4.78, 5) is 38.7. The zero-order valence-electron chi connectivity index (χ0n) is 21.7. The van der Waals surface area contributed by atoms with Gasteiger partial charge in [0.1, 0.15) is 11.2 Å². The summed E-state index contributed by atoms with van der Waals surface area (Å²) in [6.45, 7) is 7.30. The number of aromatic amines is 2. The second kappa shape index (κ2) is 9.76. The van der Waals surface area contributed by atoms with Gasteiger partial charge in [-0.05, 0) is 56.5 Å². The molecule has 196 valence electrons. The number of pyridine rings is 1. The van der Waals surface area contributed by atoms with E-state index in [1.807, 2.05) is 45.0 Å². The summed E-state index contributed by atoms with van der Waals surface area (Å²) in [6.07, 6.45) is 5.56. The van der Waals surface area contributed by atoms with Gasteiger partial charge in [0.2, 0.25) is 5.91 Å². The summed E-state index contributed by atoms with van der Waals surface area (Å²) in [5.41, 5.74) is 6.59. The van der Waals surface area contributed by atoms with Crippen LogP contribution in [0.1, 0.15) is 42.9 Å². The Morgan fingerprint density at radius 1 is 1.08 bits per heavy atom. The molecule has 1 aromatic carbocycles. The summed E-state index contributed by atoms with van der Waals surface area (Å²) in [7, 11) is 0. The first-order valence-electron chi connectivity index (χ1n) is 12.3. The number of Topliss-reactive ketones (excluding diaryl/α,β-unsaturated/α-hetero) is 1. The number of benzene rings is 1. The standard InChI is InChI=1S/C29H25IN6O2S/c1-15(37)23-7-8-24(39-23)20-13-31-14-22-25(20)34-27(33-22)26-19-10-16(5-6-21(19)35-36-26)17-9-18(12-30-11-17)32-28(38)29(2,3)4/h5-14H,1-4H3,(H,32,38)(H,33,34)(H,35,36). The number of hydrogen-bond acceptors (Lipinski definition) is 6. The SMILES string of the molecule is CC(=O)c1ccc(-c2cncc3[nH]c(-c4n[nH]c5ccc(C6=CI=CC(NC(=O)C(C)(C)C)=C6)cc45)nc23)s1. The molecule has 8 nitrogen and oxygen atoms in total. The number of aromatic nitrogens is 5. The number of nitrogens with zero attached hydrogens (tertiary/aromatic N) is 3. The molecule has 10 heteroatoms. The van der Waals surface area contributed by atoms with Crippen molar-refractivity contribution >= 4 is 75.3 Å². The molecule has 0 aliphatic carbocycles. The monoisotopic (exact) mass is 648 g/mol. The molecule has 0 unspecified atom stereocenters. The van der Waals surface area contributed by atoms with Crippen molar-refractivity contribution in [1.82, 2.24) is 30.5 Å². The third-order valence-corrected chi connectivity index (χ3v) is 9.62. The predicted octanol–water partition coefficient (Wildman–Crippen LogP) is 6.61. The van der Waals surface area contributed by atoms with Crippen LogP contribution in [0.2, 0.25) is 0 Å². The zero-order chi connectivity index (χ0) is 27.3. The van der Waals surface area contributed by atoms with Crippen LogP contribution < -0.4 is 5.32 Å². The Morgan fingerprint density at radius 2 is 1.92 bits per heavy atom. The molecular formula is C29H25IN6O2S. The number of hydrogen-bond donors (Lipinski definition) is 3. The van der Waals surface area contributed by atoms with Gasteiger partial charge in [-0.3, -0.25) is 19.7 Å². The fourth-order valence-corrected chi connectivity index (χ4v) is 6.94. The number of carbonyl (C=O) groups excluding carboxylic acids is 2. The average Bonchev–Trinajstić information content (AvgIpc) is 3.65. The van der Waals surface area contributed by atoms with Crippen molar-refractivity contribution in [3.8, 4) is 22.0 Å². The molecule has 3 N–H and O–H groups in total. The van der Waals surface area contributed by atoms with Crippen LogP contribution in [0.4, 0.5) is 0 Å². The van der Waals surface area contributed by atoms with E-state index >= 15 is 0 Å². The second-order valence-electron chi connectivity index (χ2n) is 10.3. The highest BCUT2D eigenvalue weighted by Crippen LogP contribution is 2.35. The zero-order valence-corrected chi connectivity index (χ0v) is 24.7. The van der Waals surface area contributed by atoms with Crippen molar-refractivity contribution in [3.05, 3.63) is 69.0 Å². The molecule has 1 amide bonds. The molecular weight excluding hydrogens is 623 g/mol. The summed E-state index contributed by atoms with van der Waals surface area (Å²) in [5.74, 6) is 0.680. The molecule has 0 saturated carbocycles. The molecule has 4 aromatic heterocycles. The Labute approximate surface area is 238 Å². The Kier molecular flexibility index (Phi) is 6.38. The number of nitrogens with one attached hydrogen (secondary N) is 3. The number of ketones is 1. The molecule has 0 spiro atoms. The number of rotatable bonds is 5. The molecule has 5 heterocycles. The van der Waals surface area contributed by atoms with Crippen molar-refractivity contribution in [2.45, 2.75) is 27.7 Å².